The van der Waals surface area contributed by atoms with Crippen molar-refractivity contribution in [2.75, 3.05) is 6.26 Å². The van der Waals surface area contributed by atoms with Crippen LogP contribution in [0.1, 0.15) is 0 Å². The molecule has 0 fully saturated rings. The Kier molecular flexibility index (Phi) is 2.74. The predicted molar refractivity (Wildman–Crippen MR) is 57.0 cm³/mol. The number of hydrogen-bond acceptors (Lipinski definition) is 4. The minimum Gasteiger partial charge on any atom is -0.265 e. The number of thioether (sulfide) groups is 1. The summed E-state index contributed by atoms with van der Waals surface area (Å²) in [5, 5.41) is 0.794. The van der Waals surface area contributed by atoms with Crippen LogP contribution < -0.4 is 0 Å². The molecule has 4 heteroatoms. The molecule has 0 bridgehead atoms. The van der Waals surface area contributed by atoms with E-state index in [9.17, 15) is 0 Å². The predicted octanol–water partition coefficient (Wildman–Crippen LogP) is 2.26. The van der Waals surface area contributed by atoms with Gasteiger partial charge in [0.25, 0.3) is 0 Å². The summed E-state index contributed by atoms with van der Waals surface area (Å²) in [5.74, 6) is 0. The van der Waals surface area contributed by atoms with E-state index in [4.69, 9.17) is 0 Å². The highest BCUT2D eigenvalue weighted by Crippen LogP contribution is 2.17. The van der Waals surface area contributed by atoms with Crippen LogP contribution in [0.25, 0.3) is 11.1 Å². The lowest BCUT2D eigenvalue weighted by Crippen LogP contribution is -1.86. The smallest absolute Gasteiger partial charge is 0.187 e. The van der Waals surface area contributed by atoms with E-state index >= 15 is 0 Å². The Labute approximate surface area is 86.6 Å². The van der Waals surface area contributed by atoms with Crippen molar-refractivity contribution in [3.05, 3.63) is 36.9 Å². The molecule has 70 valence electrons. The molecule has 0 saturated carbocycles. The third-order valence-corrected chi connectivity index (χ3v) is 2.40. The van der Waals surface area contributed by atoms with Gasteiger partial charge in [-0.15, -0.1) is 0 Å². The van der Waals surface area contributed by atoms with Crippen molar-refractivity contribution >= 4 is 11.8 Å². The first-order valence-corrected chi connectivity index (χ1v) is 5.39. The number of aromatic nitrogens is 3. The van der Waals surface area contributed by atoms with Gasteiger partial charge in [0.2, 0.25) is 0 Å². The van der Waals surface area contributed by atoms with Crippen LogP contribution >= 0.6 is 11.8 Å². The van der Waals surface area contributed by atoms with Crippen LogP contribution in [-0.4, -0.2) is 21.2 Å². The molecule has 2 heterocycles. The Morgan fingerprint density at radius 1 is 1.00 bits per heavy atom. The largest absolute Gasteiger partial charge is 0.265 e. The summed E-state index contributed by atoms with van der Waals surface area (Å²) in [6, 6.07) is 3.88. The summed E-state index contributed by atoms with van der Waals surface area (Å²) in [4.78, 5) is 12.4. The molecule has 0 saturated heterocycles. The lowest BCUT2D eigenvalue weighted by Gasteiger charge is -1.99. The zero-order chi connectivity index (χ0) is 9.80. The molecule has 2 aromatic heterocycles. The second-order valence-corrected chi connectivity index (χ2v) is 3.47. The van der Waals surface area contributed by atoms with E-state index in [0.717, 1.165) is 16.3 Å². The molecule has 0 N–H and O–H groups in total. The Morgan fingerprint density at radius 2 is 1.64 bits per heavy atom. The Balaban J connectivity index is 2.34. The molecule has 0 unspecified atom stereocenters. The molecule has 0 aliphatic rings. The first-order chi connectivity index (χ1) is 6.90. The van der Waals surface area contributed by atoms with Gasteiger partial charge in [-0.25, -0.2) is 9.97 Å². The molecule has 14 heavy (non-hydrogen) atoms. The summed E-state index contributed by atoms with van der Waals surface area (Å²) in [6.45, 7) is 0. The first kappa shape index (κ1) is 9.15. The molecule has 0 aliphatic carbocycles. The molecule has 0 aliphatic heterocycles. The molecule has 2 aromatic rings. The summed E-state index contributed by atoms with van der Waals surface area (Å²) in [5.41, 5.74) is 2.11. The second-order valence-electron chi connectivity index (χ2n) is 2.69. The summed E-state index contributed by atoms with van der Waals surface area (Å²) in [7, 11) is 0. The zero-order valence-electron chi connectivity index (χ0n) is 7.71. The third-order valence-electron chi connectivity index (χ3n) is 1.82. The standard InChI is InChI=1S/C10H9N3S/c1-14-10-12-6-9(7-13-10)8-2-4-11-5-3-8/h2-7H,1H3. The SMILES string of the molecule is CSc1ncc(-c2ccncc2)cn1. The lowest BCUT2D eigenvalue weighted by molar-refractivity contribution is 0.973. The van der Waals surface area contributed by atoms with E-state index < -0.39 is 0 Å². The van der Waals surface area contributed by atoms with Gasteiger partial charge in [0.05, 0.1) is 0 Å². The average Bonchev–Trinajstić information content (AvgIpc) is 2.30. The minimum atomic E-state index is 0.794. The van der Waals surface area contributed by atoms with Gasteiger partial charge in [0, 0.05) is 30.4 Å². The maximum atomic E-state index is 4.20. The van der Waals surface area contributed by atoms with Crippen molar-refractivity contribution in [1.29, 1.82) is 0 Å². The second kappa shape index (κ2) is 4.19. The lowest BCUT2D eigenvalue weighted by atomic mass is 10.1. The van der Waals surface area contributed by atoms with Gasteiger partial charge in [-0.1, -0.05) is 11.8 Å². The van der Waals surface area contributed by atoms with Gasteiger partial charge in [0.15, 0.2) is 5.16 Å². The van der Waals surface area contributed by atoms with Crippen LogP contribution in [0.15, 0.2) is 42.1 Å². The van der Waals surface area contributed by atoms with E-state index in [1.54, 1.807) is 12.4 Å². The maximum absolute atomic E-state index is 4.20. The van der Waals surface area contributed by atoms with E-state index in [2.05, 4.69) is 15.0 Å². The van der Waals surface area contributed by atoms with Crippen LogP contribution in [0.3, 0.4) is 0 Å². The summed E-state index contributed by atoms with van der Waals surface area (Å²) < 4.78 is 0. The molecular formula is C10H9N3S. The fourth-order valence-corrected chi connectivity index (χ4v) is 1.43. The quantitative estimate of drug-likeness (QED) is 0.554. The Hall–Kier alpha value is -1.42. The molecule has 0 spiro atoms. The van der Waals surface area contributed by atoms with Crippen molar-refractivity contribution in [3.8, 4) is 11.1 Å². The van der Waals surface area contributed by atoms with Crippen molar-refractivity contribution in [3.63, 3.8) is 0 Å². The van der Waals surface area contributed by atoms with Gasteiger partial charge < -0.3 is 0 Å². The van der Waals surface area contributed by atoms with Crippen LogP contribution in [0.4, 0.5) is 0 Å². The van der Waals surface area contributed by atoms with Gasteiger partial charge in [-0.05, 0) is 24.0 Å². The summed E-state index contributed by atoms with van der Waals surface area (Å²) >= 11 is 1.54. The number of hydrogen-bond donors (Lipinski definition) is 0. The van der Waals surface area contributed by atoms with E-state index in [1.807, 2.05) is 30.8 Å². The molecule has 2 rings (SSSR count). The van der Waals surface area contributed by atoms with E-state index in [0.29, 0.717) is 0 Å². The number of nitrogens with zero attached hydrogens (tertiary/aromatic N) is 3. The van der Waals surface area contributed by atoms with Crippen molar-refractivity contribution < 1.29 is 0 Å². The highest BCUT2D eigenvalue weighted by atomic mass is 32.2. The zero-order valence-corrected chi connectivity index (χ0v) is 8.53. The highest BCUT2D eigenvalue weighted by molar-refractivity contribution is 7.98. The van der Waals surface area contributed by atoms with Gasteiger partial charge in [0.1, 0.15) is 0 Å². The van der Waals surface area contributed by atoms with Crippen molar-refractivity contribution in [2.45, 2.75) is 5.16 Å². The Bertz CT molecular complexity index is 399. The van der Waals surface area contributed by atoms with Crippen LogP contribution in [-0.2, 0) is 0 Å². The molecule has 0 aromatic carbocycles. The van der Waals surface area contributed by atoms with E-state index in [-0.39, 0.29) is 0 Å². The highest BCUT2D eigenvalue weighted by Gasteiger charge is 1.98. The average molecular weight is 203 g/mol. The Morgan fingerprint density at radius 3 is 2.21 bits per heavy atom. The van der Waals surface area contributed by atoms with Gasteiger partial charge in [-0.3, -0.25) is 4.98 Å². The third kappa shape index (κ3) is 1.90. The fraction of sp³-hybridized carbons (Fsp3) is 0.100. The first-order valence-electron chi connectivity index (χ1n) is 4.16. The van der Waals surface area contributed by atoms with Crippen molar-refractivity contribution in [1.82, 2.24) is 15.0 Å². The molecule has 0 amide bonds. The fourth-order valence-electron chi connectivity index (χ4n) is 1.12. The molecule has 3 nitrogen and oxygen atoms in total. The number of pyridine rings is 1. The monoisotopic (exact) mass is 203 g/mol. The van der Waals surface area contributed by atoms with Crippen LogP contribution in [0.2, 0.25) is 0 Å². The topological polar surface area (TPSA) is 38.7 Å². The van der Waals surface area contributed by atoms with E-state index in [1.165, 1.54) is 11.8 Å². The number of rotatable bonds is 2. The summed E-state index contributed by atoms with van der Waals surface area (Å²) in [6.07, 6.45) is 9.14. The normalized spacial score (nSPS) is 10.1. The van der Waals surface area contributed by atoms with Crippen LogP contribution in [0, 0.1) is 0 Å². The van der Waals surface area contributed by atoms with Crippen molar-refractivity contribution in [2.24, 2.45) is 0 Å². The van der Waals surface area contributed by atoms with Crippen LogP contribution in [0.5, 0.6) is 0 Å². The molecule has 0 atom stereocenters. The maximum Gasteiger partial charge on any atom is 0.187 e. The molecule has 0 radical (unpaired) electrons. The van der Waals surface area contributed by atoms with Gasteiger partial charge >= 0.3 is 0 Å². The minimum absolute atomic E-state index is 0.794. The van der Waals surface area contributed by atoms with Gasteiger partial charge in [-0.2, -0.15) is 0 Å². The molecular weight excluding hydrogens is 194 g/mol.